The van der Waals surface area contributed by atoms with Crippen LogP contribution in [0, 0.1) is 5.92 Å². The highest BCUT2D eigenvalue weighted by atomic mass is 16.5. The van der Waals surface area contributed by atoms with Gasteiger partial charge in [-0.1, -0.05) is 30.3 Å². The number of nitrogens with zero attached hydrogens (tertiary/aromatic N) is 2. The zero-order valence-electron chi connectivity index (χ0n) is 13.9. The molecule has 1 atom stereocenters. The Balaban J connectivity index is 1.40. The van der Waals surface area contributed by atoms with Crippen molar-refractivity contribution in [3.63, 3.8) is 0 Å². The number of carbonyl (C=O) groups is 1. The first kappa shape index (κ1) is 16.3. The predicted octanol–water partition coefficient (Wildman–Crippen LogP) is 1.94. The van der Waals surface area contributed by atoms with E-state index >= 15 is 0 Å². The highest BCUT2D eigenvalue weighted by Crippen LogP contribution is 2.36. The molecular weight excluding hydrogens is 290 g/mol. The van der Waals surface area contributed by atoms with Crippen LogP contribution in [0.1, 0.15) is 18.4 Å². The Labute approximate surface area is 138 Å². The van der Waals surface area contributed by atoms with Crippen molar-refractivity contribution in [2.75, 3.05) is 39.9 Å². The quantitative estimate of drug-likeness (QED) is 0.872. The molecule has 1 heterocycles. The second-order valence-corrected chi connectivity index (χ2v) is 6.63. The zero-order chi connectivity index (χ0) is 16.1. The molecular formula is C18H27N3O2. The number of hydrogen-bond acceptors (Lipinski definition) is 3. The normalized spacial score (nSPS) is 21.5. The molecule has 2 fully saturated rings. The fourth-order valence-corrected chi connectivity index (χ4v) is 3.18. The molecule has 1 aliphatic carbocycles. The minimum atomic E-state index is 0.0679. The molecule has 1 aromatic carbocycles. The Morgan fingerprint density at radius 2 is 2.13 bits per heavy atom. The molecule has 0 unspecified atom stereocenters. The second kappa shape index (κ2) is 7.79. The number of carbonyl (C=O) groups excluding carboxylic acids is 1. The maximum atomic E-state index is 12.4. The van der Waals surface area contributed by atoms with E-state index in [0.717, 1.165) is 13.1 Å². The molecule has 1 aromatic rings. The van der Waals surface area contributed by atoms with E-state index in [9.17, 15) is 4.79 Å². The van der Waals surface area contributed by atoms with Crippen LogP contribution in [-0.2, 0) is 11.3 Å². The SMILES string of the molecule is CN(CCNC(=O)N1CCOC[C@@H]1C1CC1)Cc1ccccc1. The van der Waals surface area contributed by atoms with Gasteiger partial charge < -0.3 is 19.9 Å². The van der Waals surface area contributed by atoms with Crippen LogP contribution in [0.3, 0.4) is 0 Å². The highest BCUT2D eigenvalue weighted by Gasteiger charge is 2.39. The van der Waals surface area contributed by atoms with Crippen molar-refractivity contribution in [1.29, 1.82) is 0 Å². The highest BCUT2D eigenvalue weighted by molar-refractivity contribution is 5.74. The van der Waals surface area contributed by atoms with Crippen molar-refractivity contribution in [3.05, 3.63) is 35.9 Å². The van der Waals surface area contributed by atoms with Gasteiger partial charge in [0, 0.05) is 26.2 Å². The van der Waals surface area contributed by atoms with Crippen molar-refractivity contribution in [1.82, 2.24) is 15.1 Å². The number of nitrogens with one attached hydrogen (secondary N) is 1. The Bertz CT molecular complexity index is 504. The predicted molar refractivity (Wildman–Crippen MR) is 90.2 cm³/mol. The molecule has 23 heavy (non-hydrogen) atoms. The van der Waals surface area contributed by atoms with Gasteiger partial charge in [-0.25, -0.2) is 4.79 Å². The molecule has 126 valence electrons. The topological polar surface area (TPSA) is 44.8 Å². The number of rotatable bonds is 6. The number of likely N-dealkylation sites (N-methyl/N-ethyl adjacent to an activating group) is 1. The van der Waals surface area contributed by atoms with Gasteiger partial charge in [0.1, 0.15) is 0 Å². The molecule has 0 radical (unpaired) electrons. The van der Waals surface area contributed by atoms with E-state index in [2.05, 4.69) is 41.5 Å². The molecule has 1 saturated heterocycles. The van der Waals surface area contributed by atoms with Gasteiger partial charge >= 0.3 is 6.03 Å². The van der Waals surface area contributed by atoms with Crippen molar-refractivity contribution < 1.29 is 9.53 Å². The van der Waals surface area contributed by atoms with Crippen molar-refractivity contribution in [2.24, 2.45) is 5.92 Å². The van der Waals surface area contributed by atoms with E-state index in [1.165, 1.54) is 18.4 Å². The molecule has 1 saturated carbocycles. The summed E-state index contributed by atoms with van der Waals surface area (Å²) in [6.07, 6.45) is 2.47. The number of ether oxygens (including phenoxy) is 1. The molecule has 5 nitrogen and oxygen atoms in total. The minimum absolute atomic E-state index is 0.0679. The molecule has 2 amide bonds. The second-order valence-electron chi connectivity index (χ2n) is 6.63. The summed E-state index contributed by atoms with van der Waals surface area (Å²) in [4.78, 5) is 16.6. The number of amides is 2. The average Bonchev–Trinajstić information content (AvgIpc) is 3.40. The summed E-state index contributed by atoms with van der Waals surface area (Å²) < 4.78 is 5.54. The first-order valence-corrected chi connectivity index (χ1v) is 8.59. The third kappa shape index (κ3) is 4.69. The third-order valence-electron chi connectivity index (χ3n) is 4.66. The van der Waals surface area contributed by atoms with Crippen LogP contribution < -0.4 is 5.32 Å². The van der Waals surface area contributed by atoms with Crippen molar-refractivity contribution in [2.45, 2.75) is 25.4 Å². The summed E-state index contributed by atoms with van der Waals surface area (Å²) in [7, 11) is 2.08. The lowest BCUT2D eigenvalue weighted by Gasteiger charge is -2.36. The lowest BCUT2D eigenvalue weighted by molar-refractivity contribution is 0.00466. The number of morpholine rings is 1. The molecule has 0 bridgehead atoms. The summed E-state index contributed by atoms with van der Waals surface area (Å²) in [5.74, 6) is 0.654. The zero-order valence-corrected chi connectivity index (χ0v) is 13.9. The van der Waals surface area contributed by atoms with E-state index in [1.54, 1.807) is 0 Å². The summed E-state index contributed by atoms with van der Waals surface area (Å²) in [5, 5.41) is 3.07. The molecule has 1 N–H and O–H groups in total. The standard InChI is InChI=1S/C18H27N3O2/c1-20(13-15-5-3-2-4-6-15)10-9-19-18(22)21-11-12-23-14-17(21)16-7-8-16/h2-6,16-17H,7-14H2,1H3,(H,19,22)/t17-/m1/s1. The van der Waals surface area contributed by atoms with Gasteiger partial charge in [0.05, 0.1) is 19.3 Å². The van der Waals surface area contributed by atoms with Crippen LogP contribution in [0.4, 0.5) is 4.79 Å². The van der Waals surface area contributed by atoms with Crippen molar-refractivity contribution >= 4 is 6.03 Å². The Morgan fingerprint density at radius 3 is 2.87 bits per heavy atom. The van der Waals surface area contributed by atoms with Gasteiger partial charge in [-0.15, -0.1) is 0 Å². The Hall–Kier alpha value is -1.59. The van der Waals surface area contributed by atoms with Crippen LogP contribution in [0.15, 0.2) is 30.3 Å². The van der Waals surface area contributed by atoms with Crippen LogP contribution in [0.2, 0.25) is 0 Å². The molecule has 1 aliphatic heterocycles. The monoisotopic (exact) mass is 317 g/mol. The first-order valence-electron chi connectivity index (χ1n) is 8.59. The molecule has 0 aromatic heterocycles. The Morgan fingerprint density at radius 1 is 1.35 bits per heavy atom. The maximum absolute atomic E-state index is 12.4. The van der Waals surface area contributed by atoms with E-state index in [0.29, 0.717) is 32.2 Å². The van der Waals surface area contributed by atoms with Crippen LogP contribution in [0.25, 0.3) is 0 Å². The fraction of sp³-hybridized carbons (Fsp3) is 0.611. The summed E-state index contributed by atoms with van der Waals surface area (Å²) in [5.41, 5.74) is 1.29. The van der Waals surface area contributed by atoms with E-state index < -0.39 is 0 Å². The van der Waals surface area contributed by atoms with E-state index in [1.807, 2.05) is 11.0 Å². The Kier molecular flexibility index (Phi) is 5.51. The molecule has 0 spiro atoms. The van der Waals surface area contributed by atoms with Gasteiger partial charge in [0.25, 0.3) is 0 Å². The molecule has 5 heteroatoms. The molecule has 2 aliphatic rings. The van der Waals surface area contributed by atoms with Gasteiger partial charge in [-0.2, -0.15) is 0 Å². The van der Waals surface area contributed by atoms with Gasteiger partial charge in [0.2, 0.25) is 0 Å². The van der Waals surface area contributed by atoms with E-state index in [4.69, 9.17) is 4.74 Å². The largest absolute Gasteiger partial charge is 0.377 e. The molecule has 3 rings (SSSR count). The third-order valence-corrected chi connectivity index (χ3v) is 4.66. The lowest BCUT2D eigenvalue weighted by atomic mass is 10.1. The van der Waals surface area contributed by atoms with Gasteiger partial charge in [-0.3, -0.25) is 0 Å². The van der Waals surface area contributed by atoms with E-state index in [-0.39, 0.29) is 12.1 Å². The summed E-state index contributed by atoms with van der Waals surface area (Å²) >= 11 is 0. The number of benzene rings is 1. The summed E-state index contributed by atoms with van der Waals surface area (Å²) in [6, 6.07) is 10.8. The average molecular weight is 317 g/mol. The minimum Gasteiger partial charge on any atom is -0.377 e. The van der Waals surface area contributed by atoms with Crippen LogP contribution >= 0.6 is 0 Å². The first-order chi connectivity index (χ1) is 11.2. The number of hydrogen-bond donors (Lipinski definition) is 1. The maximum Gasteiger partial charge on any atom is 0.317 e. The van der Waals surface area contributed by atoms with Crippen molar-refractivity contribution in [3.8, 4) is 0 Å². The van der Waals surface area contributed by atoms with Crippen LogP contribution in [-0.4, -0.2) is 61.8 Å². The smallest absolute Gasteiger partial charge is 0.317 e. The lowest BCUT2D eigenvalue weighted by Crippen LogP contribution is -2.54. The van der Waals surface area contributed by atoms with Gasteiger partial charge in [-0.05, 0) is 31.4 Å². The van der Waals surface area contributed by atoms with Gasteiger partial charge in [0.15, 0.2) is 0 Å². The fourth-order valence-electron chi connectivity index (χ4n) is 3.18. The van der Waals surface area contributed by atoms with Crippen LogP contribution in [0.5, 0.6) is 0 Å². The number of urea groups is 1. The summed E-state index contributed by atoms with van der Waals surface area (Å²) in [6.45, 7) is 4.50.